The standard InChI is InChI=1S/C19H18Cl2N2O3S2/c1-3-23(4-2)28(25,26)16-11-12(9-10-14(16)20)22-19(24)18-17(21)13-7-5-6-8-15(13)27-18/h5-11H,3-4H2,1-2H3,(H,22,24). The molecule has 0 fully saturated rings. The highest BCUT2D eigenvalue weighted by molar-refractivity contribution is 7.89. The minimum atomic E-state index is -3.76. The van der Waals surface area contributed by atoms with Crippen molar-refractivity contribution in [2.75, 3.05) is 18.4 Å². The summed E-state index contributed by atoms with van der Waals surface area (Å²) in [6.45, 7) is 4.15. The van der Waals surface area contributed by atoms with Crippen molar-refractivity contribution in [2.45, 2.75) is 18.7 Å². The number of hydrogen-bond donors (Lipinski definition) is 1. The highest BCUT2D eigenvalue weighted by Crippen LogP contribution is 2.36. The van der Waals surface area contributed by atoms with Crippen molar-refractivity contribution < 1.29 is 13.2 Å². The third kappa shape index (κ3) is 3.90. The van der Waals surface area contributed by atoms with Crippen LogP contribution in [0, 0.1) is 0 Å². The van der Waals surface area contributed by atoms with Crippen molar-refractivity contribution in [3.63, 3.8) is 0 Å². The Morgan fingerprint density at radius 2 is 1.79 bits per heavy atom. The number of sulfonamides is 1. The molecule has 0 aliphatic heterocycles. The van der Waals surface area contributed by atoms with Crippen LogP contribution in [0.1, 0.15) is 23.5 Å². The second-order valence-electron chi connectivity index (χ2n) is 5.93. The lowest BCUT2D eigenvalue weighted by Crippen LogP contribution is -2.30. The van der Waals surface area contributed by atoms with Crippen LogP contribution in [0.2, 0.25) is 10.0 Å². The van der Waals surface area contributed by atoms with Gasteiger partial charge in [0.25, 0.3) is 5.91 Å². The fraction of sp³-hybridized carbons (Fsp3) is 0.211. The molecule has 3 aromatic rings. The molecule has 2 aromatic carbocycles. The van der Waals surface area contributed by atoms with Crippen molar-refractivity contribution >= 4 is 66.2 Å². The number of carbonyl (C=O) groups is 1. The predicted octanol–water partition coefficient (Wildman–Crippen LogP) is 5.49. The number of hydrogen-bond acceptors (Lipinski definition) is 4. The van der Waals surface area contributed by atoms with Crippen LogP contribution in [0.15, 0.2) is 47.4 Å². The molecule has 1 heterocycles. The van der Waals surface area contributed by atoms with E-state index in [1.807, 2.05) is 24.3 Å². The average molecular weight is 457 g/mol. The van der Waals surface area contributed by atoms with Gasteiger partial charge in [0.1, 0.15) is 9.77 Å². The lowest BCUT2D eigenvalue weighted by molar-refractivity contribution is 0.103. The number of benzene rings is 2. The van der Waals surface area contributed by atoms with Gasteiger partial charge in [0, 0.05) is 28.9 Å². The maximum atomic E-state index is 12.8. The minimum absolute atomic E-state index is 0.0434. The first kappa shape index (κ1) is 21.1. The summed E-state index contributed by atoms with van der Waals surface area (Å²) in [7, 11) is -3.76. The van der Waals surface area contributed by atoms with Crippen molar-refractivity contribution in [2.24, 2.45) is 0 Å². The van der Waals surface area contributed by atoms with Gasteiger partial charge >= 0.3 is 0 Å². The third-order valence-electron chi connectivity index (χ3n) is 4.25. The first-order valence-corrected chi connectivity index (χ1v) is 11.6. The smallest absolute Gasteiger partial charge is 0.267 e. The normalized spacial score (nSPS) is 11.9. The van der Waals surface area contributed by atoms with Gasteiger partial charge in [-0.2, -0.15) is 4.31 Å². The molecule has 148 valence electrons. The molecule has 0 aliphatic carbocycles. The first-order chi connectivity index (χ1) is 13.3. The maximum absolute atomic E-state index is 12.8. The molecule has 0 atom stereocenters. The van der Waals surface area contributed by atoms with Gasteiger partial charge in [-0.3, -0.25) is 4.79 Å². The number of anilines is 1. The number of fused-ring (bicyclic) bond motifs is 1. The molecule has 3 rings (SSSR count). The largest absolute Gasteiger partial charge is 0.321 e. The molecule has 1 aromatic heterocycles. The van der Waals surface area contributed by atoms with Crippen LogP contribution in [0.25, 0.3) is 10.1 Å². The first-order valence-electron chi connectivity index (χ1n) is 8.57. The summed E-state index contributed by atoms with van der Waals surface area (Å²) in [4.78, 5) is 13.0. The fourth-order valence-electron chi connectivity index (χ4n) is 2.83. The van der Waals surface area contributed by atoms with Crippen molar-refractivity contribution in [3.05, 3.63) is 57.4 Å². The third-order valence-corrected chi connectivity index (χ3v) is 8.46. The highest BCUT2D eigenvalue weighted by atomic mass is 35.5. The topological polar surface area (TPSA) is 66.5 Å². The van der Waals surface area contributed by atoms with Crippen molar-refractivity contribution in [1.29, 1.82) is 0 Å². The van der Waals surface area contributed by atoms with Crippen LogP contribution in [-0.2, 0) is 10.0 Å². The van der Waals surface area contributed by atoms with Gasteiger partial charge in [0.2, 0.25) is 10.0 Å². The van der Waals surface area contributed by atoms with Gasteiger partial charge in [-0.25, -0.2) is 8.42 Å². The van der Waals surface area contributed by atoms with E-state index in [-0.39, 0.29) is 9.92 Å². The van der Waals surface area contributed by atoms with E-state index in [4.69, 9.17) is 23.2 Å². The molecular weight excluding hydrogens is 439 g/mol. The molecule has 0 spiro atoms. The summed E-state index contributed by atoms with van der Waals surface area (Å²) >= 11 is 13.8. The van der Waals surface area contributed by atoms with Gasteiger partial charge in [-0.05, 0) is 24.3 Å². The van der Waals surface area contributed by atoms with Crippen LogP contribution in [-0.4, -0.2) is 31.7 Å². The van der Waals surface area contributed by atoms with E-state index in [0.717, 1.165) is 10.1 Å². The van der Waals surface area contributed by atoms with Gasteiger partial charge in [0.05, 0.1) is 10.0 Å². The summed E-state index contributed by atoms with van der Waals surface area (Å²) in [5.74, 6) is -0.403. The molecule has 28 heavy (non-hydrogen) atoms. The molecule has 0 radical (unpaired) electrons. The lowest BCUT2D eigenvalue weighted by atomic mass is 10.2. The Hall–Kier alpha value is -1.64. The predicted molar refractivity (Wildman–Crippen MR) is 116 cm³/mol. The van der Waals surface area contributed by atoms with Crippen LogP contribution in [0.5, 0.6) is 0 Å². The van der Waals surface area contributed by atoms with Crippen molar-refractivity contribution in [3.8, 4) is 0 Å². The van der Waals surface area contributed by atoms with E-state index < -0.39 is 15.9 Å². The van der Waals surface area contributed by atoms with Crippen LogP contribution in [0.4, 0.5) is 5.69 Å². The number of rotatable bonds is 6. The summed E-state index contributed by atoms with van der Waals surface area (Å²) < 4.78 is 27.8. The Labute approximate surface area is 177 Å². The molecule has 0 aliphatic rings. The molecule has 1 N–H and O–H groups in total. The van der Waals surface area contributed by atoms with Gasteiger partial charge in [0.15, 0.2) is 0 Å². The fourth-order valence-corrected chi connectivity index (χ4v) is 6.20. The highest BCUT2D eigenvalue weighted by Gasteiger charge is 2.25. The second-order valence-corrected chi connectivity index (χ2v) is 9.67. The van der Waals surface area contributed by atoms with E-state index in [2.05, 4.69) is 5.32 Å². The number of carbonyl (C=O) groups excluding carboxylic acids is 1. The number of nitrogens with zero attached hydrogens (tertiary/aromatic N) is 1. The zero-order valence-electron chi connectivity index (χ0n) is 15.2. The molecule has 0 saturated heterocycles. The number of halogens is 2. The lowest BCUT2D eigenvalue weighted by Gasteiger charge is -2.19. The molecular formula is C19H18Cl2N2O3S2. The summed E-state index contributed by atoms with van der Waals surface area (Å²) in [5.41, 5.74) is 0.327. The average Bonchev–Trinajstić information content (AvgIpc) is 3.01. The minimum Gasteiger partial charge on any atom is -0.321 e. The molecule has 9 heteroatoms. The molecule has 0 saturated carbocycles. The number of thiophene rings is 1. The summed E-state index contributed by atoms with van der Waals surface area (Å²) in [6, 6.07) is 11.9. The van der Waals surface area contributed by atoms with Crippen molar-refractivity contribution in [1.82, 2.24) is 4.31 Å². The zero-order valence-corrected chi connectivity index (χ0v) is 18.3. The molecule has 5 nitrogen and oxygen atoms in total. The second kappa shape index (κ2) is 8.39. The van der Waals surface area contributed by atoms with E-state index in [1.165, 1.54) is 27.8 Å². The van der Waals surface area contributed by atoms with E-state index >= 15 is 0 Å². The Bertz CT molecular complexity index is 1140. The zero-order chi connectivity index (χ0) is 20.5. The number of amides is 1. The summed E-state index contributed by atoms with van der Waals surface area (Å²) in [5, 5.41) is 4.01. The molecule has 0 bridgehead atoms. The molecule has 0 unspecified atom stereocenters. The Morgan fingerprint density at radius 1 is 1.11 bits per heavy atom. The Balaban J connectivity index is 1.95. The monoisotopic (exact) mass is 456 g/mol. The number of nitrogens with one attached hydrogen (secondary N) is 1. The van der Waals surface area contributed by atoms with Crippen LogP contribution >= 0.6 is 34.5 Å². The van der Waals surface area contributed by atoms with E-state index in [9.17, 15) is 13.2 Å². The Kier molecular flexibility index (Phi) is 6.31. The van der Waals surface area contributed by atoms with E-state index in [0.29, 0.717) is 28.7 Å². The molecule has 1 amide bonds. The quantitative estimate of drug-likeness (QED) is 0.532. The van der Waals surface area contributed by atoms with Gasteiger partial charge in [-0.15, -0.1) is 11.3 Å². The van der Waals surface area contributed by atoms with Crippen LogP contribution < -0.4 is 5.32 Å². The maximum Gasteiger partial charge on any atom is 0.267 e. The Morgan fingerprint density at radius 3 is 2.43 bits per heavy atom. The summed E-state index contributed by atoms with van der Waals surface area (Å²) in [6.07, 6.45) is 0. The van der Waals surface area contributed by atoms with Gasteiger partial charge in [-0.1, -0.05) is 55.2 Å². The SMILES string of the molecule is CCN(CC)S(=O)(=O)c1cc(NC(=O)c2sc3ccccc3c2Cl)ccc1Cl. The van der Waals surface area contributed by atoms with Crippen LogP contribution in [0.3, 0.4) is 0 Å². The van der Waals surface area contributed by atoms with E-state index in [1.54, 1.807) is 19.9 Å². The van der Waals surface area contributed by atoms with Gasteiger partial charge < -0.3 is 5.32 Å².